The third-order valence-corrected chi connectivity index (χ3v) is 22.3. The van der Waals surface area contributed by atoms with Crippen LogP contribution in [0.4, 0.5) is 17.1 Å². The normalized spacial score (nSPS) is 15.5. The summed E-state index contributed by atoms with van der Waals surface area (Å²) in [6.45, 7) is 19.5. The van der Waals surface area contributed by atoms with Gasteiger partial charge in [-0.2, -0.15) is 0 Å². The second-order valence-electron chi connectivity index (χ2n) is 28.6. The van der Waals surface area contributed by atoms with E-state index in [2.05, 4.69) is 297 Å². The van der Waals surface area contributed by atoms with Crippen molar-refractivity contribution in [2.45, 2.75) is 77.0 Å². The molecule has 0 spiro atoms. The van der Waals surface area contributed by atoms with Crippen LogP contribution in [-0.4, -0.2) is 0 Å². The molecule has 16 aromatic rings. The van der Waals surface area contributed by atoms with Crippen molar-refractivity contribution >= 4 is 93.7 Å². The lowest BCUT2D eigenvalue weighted by Crippen LogP contribution is -2.24. The summed E-state index contributed by atoms with van der Waals surface area (Å²) in [5.41, 5.74) is 32.6. The summed E-state index contributed by atoms with van der Waals surface area (Å²) in [4.78, 5) is 2.56. The van der Waals surface area contributed by atoms with E-state index in [1.54, 1.807) is 0 Å². The minimum atomic E-state index is -0.401. The van der Waals surface area contributed by atoms with Gasteiger partial charge < -0.3 is 18.2 Å². The highest BCUT2D eigenvalue weighted by atomic mass is 16.3. The monoisotopic (exact) mass is 1180 g/mol. The second-order valence-corrected chi connectivity index (χ2v) is 28.6. The number of hydrogen-bond donors (Lipinski definition) is 0. The van der Waals surface area contributed by atoms with Gasteiger partial charge in [0, 0.05) is 87.7 Å². The topological polar surface area (TPSA) is 42.7 Å². The highest BCUT2D eigenvalue weighted by molar-refractivity contribution is 6.23. The lowest BCUT2D eigenvalue weighted by Gasteiger charge is -2.32. The Morgan fingerprint density at radius 3 is 1.24 bits per heavy atom. The lowest BCUT2D eigenvalue weighted by molar-refractivity contribution is 0.600. The first-order chi connectivity index (χ1) is 44.7. The van der Waals surface area contributed by atoms with Gasteiger partial charge in [-0.3, -0.25) is 0 Å². The van der Waals surface area contributed by atoms with Gasteiger partial charge in [0.25, 0.3) is 0 Å². The van der Waals surface area contributed by atoms with Crippen LogP contribution in [-0.2, 0) is 21.7 Å². The van der Waals surface area contributed by atoms with Crippen molar-refractivity contribution in [2.75, 3.05) is 4.90 Å². The minimum Gasteiger partial charge on any atom is -0.455 e. The third kappa shape index (κ3) is 6.56. The Hall–Kier alpha value is -10.7. The first kappa shape index (κ1) is 52.1. The van der Waals surface area contributed by atoms with E-state index in [0.717, 1.165) is 89.0 Å². The number of furan rings is 3. The predicted octanol–water partition coefficient (Wildman–Crippen LogP) is 24.6. The molecule has 438 valence electrons. The molecule has 3 heterocycles. The average Bonchev–Trinajstić information content (AvgIpc) is 1.52. The maximum Gasteiger partial charge on any atom is 0.144 e. The van der Waals surface area contributed by atoms with Gasteiger partial charge >= 0.3 is 0 Å². The molecular formula is C88H63NO3. The zero-order chi connectivity index (χ0) is 61.6. The number of anilines is 3. The minimum absolute atomic E-state index is 0.276. The summed E-state index contributed by atoms with van der Waals surface area (Å²) in [5, 5.41) is 9.41. The van der Waals surface area contributed by atoms with Crippen molar-refractivity contribution in [3.63, 3.8) is 0 Å². The Labute approximate surface area is 533 Å². The highest BCUT2D eigenvalue weighted by Gasteiger charge is 2.49. The van der Waals surface area contributed by atoms with Gasteiger partial charge in [-0.15, -0.1) is 0 Å². The number of hydrogen-bond acceptors (Lipinski definition) is 4. The summed E-state index contributed by atoms with van der Waals surface area (Å²) in [6, 6.07) is 88.0. The Kier molecular flexibility index (Phi) is 9.99. The molecule has 0 radical (unpaired) electrons. The first-order valence-corrected chi connectivity index (χ1v) is 32.5. The van der Waals surface area contributed by atoms with Crippen molar-refractivity contribution in [1.82, 2.24) is 0 Å². The zero-order valence-electron chi connectivity index (χ0n) is 52.7. The van der Waals surface area contributed by atoms with Crippen LogP contribution in [0.25, 0.3) is 143 Å². The van der Waals surface area contributed by atoms with Gasteiger partial charge in [0.2, 0.25) is 0 Å². The van der Waals surface area contributed by atoms with Crippen LogP contribution in [0.5, 0.6) is 0 Å². The Morgan fingerprint density at radius 1 is 0.261 bits per heavy atom. The van der Waals surface area contributed by atoms with E-state index in [1.165, 1.54) is 116 Å². The fourth-order valence-electron chi connectivity index (χ4n) is 18.0. The number of rotatable bonds is 5. The summed E-state index contributed by atoms with van der Waals surface area (Å²) in [7, 11) is 0. The summed E-state index contributed by atoms with van der Waals surface area (Å²) in [6.07, 6.45) is 0. The van der Waals surface area contributed by atoms with Crippen LogP contribution in [0.3, 0.4) is 0 Å². The number of nitrogens with zero attached hydrogens (tertiary/aromatic N) is 1. The number of fused-ring (bicyclic) bond motifs is 27. The standard InChI is InChI=1S/C88H63NO3/c1-85(2)65-43-52(36-39-56(65)73-68(85)46-62(49-23-10-9-11-24-49)82-76(73)59-27-15-19-31-70(59)90-82)89(54-38-41-58-67(45-54)88(7,8)80-75(58)78-61-29-17-21-33-72(61)92-84(78)79-55-26-14-18-30-64(55)87(5,6)81(79)80)53-37-40-57-66(44-53)86(3,4)69-47-63(51-35-34-48-22-12-13-25-50(48)42-51)83-77(74(57)69)60-28-16-20-32-71(60)91-83/h9-47H,1-8H3. The molecule has 0 unspecified atom stereocenters. The fourth-order valence-corrected chi connectivity index (χ4v) is 18.0. The van der Waals surface area contributed by atoms with Crippen molar-refractivity contribution in [3.05, 3.63) is 281 Å². The average molecular weight is 1180 g/mol. The second kappa shape index (κ2) is 17.6. The number of para-hydroxylation sites is 3. The van der Waals surface area contributed by atoms with Crippen LogP contribution < -0.4 is 4.90 Å². The van der Waals surface area contributed by atoms with Gasteiger partial charge in [-0.05, 0) is 178 Å². The molecule has 92 heavy (non-hydrogen) atoms. The van der Waals surface area contributed by atoms with Gasteiger partial charge in [-0.1, -0.05) is 219 Å². The summed E-state index contributed by atoms with van der Waals surface area (Å²) >= 11 is 0. The predicted molar refractivity (Wildman–Crippen MR) is 382 cm³/mol. The maximum atomic E-state index is 7.12. The van der Waals surface area contributed by atoms with Crippen LogP contribution in [0.1, 0.15) is 99.9 Å². The largest absolute Gasteiger partial charge is 0.455 e. The molecule has 4 nitrogen and oxygen atoms in total. The molecule has 0 saturated carbocycles. The van der Waals surface area contributed by atoms with Gasteiger partial charge in [0.05, 0.1) is 0 Å². The quantitative estimate of drug-likeness (QED) is 0.172. The van der Waals surface area contributed by atoms with Crippen LogP contribution in [0, 0.1) is 0 Å². The van der Waals surface area contributed by atoms with E-state index < -0.39 is 10.8 Å². The Balaban J connectivity index is 0.824. The van der Waals surface area contributed by atoms with E-state index in [1.807, 2.05) is 0 Å². The third-order valence-electron chi connectivity index (χ3n) is 22.3. The van der Waals surface area contributed by atoms with E-state index >= 15 is 0 Å². The first-order valence-electron chi connectivity index (χ1n) is 32.5. The van der Waals surface area contributed by atoms with Crippen molar-refractivity contribution in [3.8, 4) is 66.8 Å². The maximum absolute atomic E-state index is 7.12. The highest BCUT2D eigenvalue weighted by Crippen LogP contribution is 2.65. The molecule has 3 aromatic heterocycles. The molecule has 0 amide bonds. The fraction of sp³-hybridized carbons (Fsp3) is 0.136. The summed E-state index contributed by atoms with van der Waals surface area (Å²) < 4.78 is 21.1. The molecule has 0 aliphatic heterocycles. The van der Waals surface area contributed by atoms with E-state index in [9.17, 15) is 0 Å². The molecule has 0 fully saturated rings. The van der Waals surface area contributed by atoms with Gasteiger partial charge in [-0.25, -0.2) is 0 Å². The molecule has 0 atom stereocenters. The SMILES string of the molecule is CC1(C)c2cc(N(c3ccc4c(c3)C(C)(C)c3cc(-c5ccc6ccccc6c5)c5oc6ccccc6c5c3-4)c3ccc4c(c3)C(C)(C)c3c5c(c6oc7ccccc7c6c3-4)-c3ccccc3C5(C)C)ccc2-c2c1cc(-c1ccccc1)c1oc3ccccc3c21. The molecule has 13 aromatic carbocycles. The van der Waals surface area contributed by atoms with E-state index in [0.29, 0.717) is 0 Å². The van der Waals surface area contributed by atoms with Crippen LogP contribution >= 0.6 is 0 Å². The molecule has 0 N–H and O–H groups in total. The smallest absolute Gasteiger partial charge is 0.144 e. The van der Waals surface area contributed by atoms with Gasteiger partial charge in [0.1, 0.15) is 33.5 Å². The van der Waals surface area contributed by atoms with Gasteiger partial charge in [0.15, 0.2) is 0 Å². The van der Waals surface area contributed by atoms with Crippen molar-refractivity contribution in [2.24, 2.45) is 0 Å². The van der Waals surface area contributed by atoms with Crippen molar-refractivity contribution in [1.29, 1.82) is 0 Å². The Morgan fingerprint density at radius 2 is 0.674 bits per heavy atom. The van der Waals surface area contributed by atoms with Crippen molar-refractivity contribution < 1.29 is 13.3 Å². The zero-order valence-corrected chi connectivity index (χ0v) is 52.7. The molecule has 4 aliphatic rings. The number of benzene rings is 13. The van der Waals surface area contributed by atoms with Crippen LogP contribution in [0.15, 0.2) is 250 Å². The van der Waals surface area contributed by atoms with E-state index in [4.69, 9.17) is 13.3 Å². The molecule has 4 heteroatoms. The van der Waals surface area contributed by atoms with E-state index in [-0.39, 0.29) is 10.8 Å². The van der Waals surface area contributed by atoms with Crippen LogP contribution in [0.2, 0.25) is 0 Å². The lowest BCUT2D eigenvalue weighted by atomic mass is 9.72. The molecular weight excluding hydrogens is 1120 g/mol. The molecule has 0 bridgehead atoms. The molecule has 4 aliphatic carbocycles. The summed E-state index contributed by atoms with van der Waals surface area (Å²) in [5.74, 6) is 0. The molecule has 20 rings (SSSR count). The Bertz CT molecular complexity index is 6010. The molecule has 0 saturated heterocycles.